The maximum atomic E-state index is 5.02. The van der Waals surface area contributed by atoms with Gasteiger partial charge >= 0.3 is 0 Å². The number of aryl methyl sites for hydroxylation is 2. The van der Waals surface area contributed by atoms with E-state index in [-0.39, 0.29) is 0 Å². The Morgan fingerprint density at radius 3 is 2.21 bits per heavy atom. The second-order valence-corrected chi connectivity index (χ2v) is 7.99. The summed E-state index contributed by atoms with van der Waals surface area (Å²) in [5, 5.41) is 4.77. The zero-order valence-electron chi connectivity index (χ0n) is 18.4. The van der Waals surface area contributed by atoms with Gasteiger partial charge in [0.15, 0.2) is 5.65 Å². The molecule has 0 aliphatic heterocycles. The number of fused-ring (bicyclic) bond motifs is 1. The predicted octanol–water partition coefficient (Wildman–Crippen LogP) is 5.06. The van der Waals surface area contributed by atoms with Crippen LogP contribution in [-0.4, -0.2) is 38.8 Å². The highest BCUT2D eigenvalue weighted by Gasteiger charge is 2.21. The molecule has 0 spiro atoms. The van der Waals surface area contributed by atoms with Crippen molar-refractivity contribution in [3.8, 4) is 11.3 Å². The van der Waals surface area contributed by atoms with Gasteiger partial charge in [-0.1, -0.05) is 27.7 Å². The highest BCUT2D eigenvalue weighted by Crippen LogP contribution is 2.32. The van der Waals surface area contributed by atoms with Gasteiger partial charge in [-0.15, -0.1) is 0 Å². The molecule has 28 heavy (non-hydrogen) atoms. The van der Waals surface area contributed by atoms with Crippen molar-refractivity contribution in [2.45, 2.75) is 66.3 Å². The second kappa shape index (κ2) is 7.86. The van der Waals surface area contributed by atoms with Crippen LogP contribution < -0.4 is 4.90 Å². The summed E-state index contributed by atoms with van der Waals surface area (Å²) in [5.74, 6) is 1.30. The molecular weight excluding hydrogens is 348 g/mol. The topological polar surface area (TPSA) is 59.7 Å². The molecule has 0 saturated carbocycles. The third kappa shape index (κ3) is 3.48. The minimum absolute atomic E-state index is 0.347. The van der Waals surface area contributed by atoms with Crippen LogP contribution in [0.25, 0.3) is 22.4 Å². The number of aromatic nitrogens is 5. The molecule has 150 valence electrons. The third-order valence-corrected chi connectivity index (χ3v) is 5.32. The summed E-state index contributed by atoms with van der Waals surface area (Å²) in [6, 6.07) is 4.57. The molecule has 0 unspecified atom stereocenters. The van der Waals surface area contributed by atoms with Gasteiger partial charge in [-0.05, 0) is 44.7 Å². The number of rotatable bonds is 6. The van der Waals surface area contributed by atoms with Gasteiger partial charge in [0.25, 0.3) is 0 Å². The molecule has 0 radical (unpaired) electrons. The SMILES string of the molecule is CCC(CC)n1nc(C)c2nc(-c3ccc(C(C)C)nc3N(C)C)c(C)nc21. The molecule has 0 saturated heterocycles. The Hall–Kier alpha value is -2.50. The van der Waals surface area contributed by atoms with Crippen molar-refractivity contribution in [1.82, 2.24) is 24.7 Å². The van der Waals surface area contributed by atoms with Crippen LogP contribution in [0.3, 0.4) is 0 Å². The van der Waals surface area contributed by atoms with Gasteiger partial charge in [0.2, 0.25) is 0 Å². The minimum atomic E-state index is 0.347. The molecule has 0 aliphatic rings. The predicted molar refractivity (Wildman–Crippen MR) is 116 cm³/mol. The summed E-state index contributed by atoms with van der Waals surface area (Å²) in [6.07, 6.45) is 2.06. The lowest BCUT2D eigenvalue weighted by molar-refractivity contribution is 0.436. The minimum Gasteiger partial charge on any atom is -0.362 e. The first-order valence-electron chi connectivity index (χ1n) is 10.2. The largest absolute Gasteiger partial charge is 0.362 e. The van der Waals surface area contributed by atoms with Crippen LogP contribution in [0.2, 0.25) is 0 Å². The fourth-order valence-corrected chi connectivity index (χ4v) is 3.62. The van der Waals surface area contributed by atoms with Crippen molar-refractivity contribution >= 4 is 17.0 Å². The Morgan fingerprint density at radius 2 is 1.64 bits per heavy atom. The van der Waals surface area contributed by atoms with Gasteiger partial charge in [-0.2, -0.15) is 5.10 Å². The molecule has 0 aliphatic carbocycles. The fourth-order valence-electron chi connectivity index (χ4n) is 3.62. The highest BCUT2D eigenvalue weighted by atomic mass is 15.3. The van der Waals surface area contributed by atoms with E-state index in [0.29, 0.717) is 12.0 Å². The summed E-state index contributed by atoms with van der Waals surface area (Å²) in [5.41, 5.74) is 6.56. The Bertz CT molecular complexity index is 982. The van der Waals surface area contributed by atoms with E-state index in [0.717, 1.165) is 58.2 Å². The van der Waals surface area contributed by atoms with Gasteiger partial charge < -0.3 is 4.90 Å². The second-order valence-electron chi connectivity index (χ2n) is 7.99. The average molecular weight is 381 g/mol. The third-order valence-electron chi connectivity index (χ3n) is 5.32. The summed E-state index contributed by atoms with van der Waals surface area (Å²) >= 11 is 0. The molecule has 3 heterocycles. The lowest BCUT2D eigenvalue weighted by atomic mass is 10.1. The van der Waals surface area contributed by atoms with E-state index in [2.05, 4.69) is 44.5 Å². The zero-order valence-corrected chi connectivity index (χ0v) is 18.4. The normalized spacial score (nSPS) is 11.8. The smallest absolute Gasteiger partial charge is 0.177 e. The molecule has 6 heteroatoms. The first-order valence-corrected chi connectivity index (χ1v) is 10.2. The van der Waals surface area contributed by atoms with Gasteiger partial charge in [-0.3, -0.25) is 0 Å². The van der Waals surface area contributed by atoms with Crippen LogP contribution in [0, 0.1) is 13.8 Å². The Balaban J connectivity index is 2.23. The molecule has 0 aromatic carbocycles. The first-order chi connectivity index (χ1) is 13.3. The van der Waals surface area contributed by atoms with E-state index < -0.39 is 0 Å². The van der Waals surface area contributed by atoms with E-state index in [1.807, 2.05) is 32.8 Å². The van der Waals surface area contributed by atoms with E-state index in [1.54, 1.807) is 0 Å². The van der Waals surface area contributed by atoms with Crippen LogP contribution >= 0.6 is 0 Å². The van der Waals surface area contributed by atoms with E-state index in [4.69, 9.17) is 20.1 Å². The molecule has 3 aromatic rings. The van der Waals surface area contributed by atoms with Crippen molar-refractivity contribution in [2.24, 2.45) is 0 Å². The first kappa shape index (κ1) is 20.2. The molecule has 0 bridgehead atoms. The number of anilines is 1. The van der Waals surface area contributed by atoms with Gasteiger partial charge in [0.05, 0.1) is 23.1 Å². The molecular formula is C22H32N6. The van der Waals surface area contributed by atoms with Crippen LogP contribution in [-0.2, 0) is 0 Å². The van der Waals surface area contributed by atoms with Crippen LogP contribution in [0.5, 0.6) is 0 Å². The van der Waals surface area contributed by atoms with Crippen molar-refractivity contribution in [3.63, 3.8) is 0 Å². The molecule has 3 aromatic heterocycles. The van der Waals surface area contributed by atoms with Crippen LogP contribution in [0.4, 0.5) is 5.82 Å². The molecule has 0 amide bonds. The summed E-state index contributed by atoms with van der Waals surface area (Å²) in [7, 11) is 4.04. The molecule has 0 fully saturated rings. The van der Waals surface area contributed by atoms with E-state index in [1.165, 1.54) is 0 Å². The van der Waals surface area contributed by atoms with Crippen molar-refractivity contribution in [3.05, 3.63) is 29.2 Å². The number of nitrogens with zero attached hydrogens (tertiary/aromatic N) is 6. The molecule has 6 nitrogen and oxygen atoms in total. The van der Waals surface area contributed by atoms with Gasteiger partial charge in [0.1, 0.15) is 11.3 Å². The quantitative estimate of drug-likeness (QED) is 0.598. The maximum absolute atomic E-state index is 5.02. The lowest BCUT2D eigenvalue weighted by Gasteiger charge is -2.19. The number of hydrogen-bond donors (Lipinski definition) is 0. The number of pyridine rings is 1. The van der Waals surface area contributed by atoms with E-state index >= 15 is 0 Å². The standard InChI is InChI=1S/C22H32N6/c1-9-16(10-2)28-22-20(15(6)26-28)25-19(14(5)23-22)17-11-12-18(13(3)4)24-21(17)27(7)8/h11-13,16H,9-10H2,1-8H3. The summed E-state index contributed by atoms with van der Waals surface area (Å²) in [6.45, 7) is 12.7. The highest BCUT2D eigenvalue weighted by molar-refractivity contribution is 5.81. The number of hydrogen-bond acceptors (Lipinski definition) is 5. The fraction of sp³-hybridized carbons (Fsp3) is 0.545. The molecule has 0 N–H and O–H groups in total. The summed E-state index contributed by atoms with van der Waals surface area (Å²) in [4.78, 5) is 16.9. The summed E-state index contributed by atoms with van der Waals surface area (Å²) < 4.78 is 2.06. The van der Waals surface area contributed by atoms with Crippen molar-refractivity contribution in [1.29, 1.82) is 0 Å². The van der Waals surface area contributed by atoms with Crippen LogP contribution in [0.1, 0.15) is 69.6 Å². The molecule has 0 atom stereocenters. The van der Waals surface area contributed by atoms with Crippen molar-refractivity contribution < 1.29 is 0 Å². The Labute approximate surface area is 168 Å². The van der Waals surface area contributed by atoms with Crippen molar-refractivity contribution in [2.75, 3.05) is 19.0 Å². The average Bonchev–Trinajstić information content (AvgIpc) is 2.97. The Morgan fingerprint density at radius 1 is 0.964 bits per heavy atom. The van der Waals surface area contributed by atoms with Crippen LogP contribution in [0.15, 0.2) is 12.1 Å². The Kier molecular flexibility index (Phi) is 5.68. The lowest BCUT2D eigenvalue weighted by Crippen LogP contribution is -2.14. The maximum Gasteiger partial charge on any atom is 0.177 e. The zero-order chi connectivity index (χ0) is 20.6. The van der Waals surface area contributed by atoms with E-state index in [9.17, 15) is 0 Å². The van der Waals surface area contributed by atoms with Gasteiger partial charge in [0, 0.05) is 25.4 Å². The molecule has 3 rings (SSSR count). The van der Waals surface area contributed by atoms with Gasteiger partial charge in [-0.25, -0.2) is 19.6 Å². The monoisotopic (exact) mass is 380 g/mol.